The summed E-state index contributed by atoms with van der Waals surface area (Å²) in [5.74, 6) is 0.600. The van der Waals surface area contributed by atoms with Crippen molar-refractivity contribution in [2.75, 3.05) is 39.2 Å². The van der Waals surface area contributed by atoms with Gasteiger partial charge in [0.1, 0.15) is 11.4 Å². The van der Waals surface area contributed by atoms with E-state index in [0.717, 1.165) is 6.42 Å². The molecular weight excluding hydrogens is 272 g/mol. The summed E-state index contributed by atoms with van der Waals surface area (Å²) in [6, 6.07) is 7.14. The van der Waals surface area contributed by atoms with E-state index in [1.165, 1.54) is 0 Å². The normalized spacial score (nSPS) is 21.2. The predicted octanol–water partition coefficient (Wildman–Crippen LogP) is 0.959. The first kappa shape index (κ1) is 15.6. The van der Waals surface area contributed by atoms with Gasteiger partial charge in [0.25, 0.3) is 0 Å². The van der Waals surface area contributed by atoms with E-state index >= 15 is 0 Å². The minimum atomic E-state index is -0.385. The highest BCUT2D eigenvalue weighted by Gasteiger charge is 2.35. The lowest BCUT2D eigenvalue weighted by atomic mass is 10.0. The van der Waals surface area contributed by atoms with Crippen molar-refractivity contribution in [2.24, 2.45) is 0 Å². The van der Waals surface area contributed by atoms with Crippen LogP contribution < -0.4 is 15.8 Å². The summed E-state index contributed by atoms with van der Waals surface area (Å²) in [7, 11) is 1.64. The molecule has 2 rings (SSSR count). The lowest BCUT2D eigenvalue weighted by Crippen LogP contribution is -2.45. The van der Waals surface area contributed by atoms with Crippen molar-refractivity contribution in [3.63, 3.8) is 0 Å². The minimum Gasteiger partial charge on any atom is -0.493 e. The summed E-state index contributed by atoms with van der Waals surface area (Å²) < 4.78 is 16.3. The van der Waals surface area contributed by atoms with E-state index in [1.54, 1.807) is 19.2 Å². The number of amides is 1. The Morgan fingerprint density at radius 3 is 3.05 bits per heavy atom. The second-order valence-electron chi connectivity index (χ2n) is 5.14. The Kier molecular flexibility index (Phi) is 5.41. The third kappa shape index (κ3) is 4.61. The van der Waals surface area contributed by atoms with Crippen molar-refractivity contribution in [1.82, 2.24) is 5.32 Å². The zero-order chi connectivity index (χ0) is 15.1. The predicted molar refractivity (Wildman–Crippen MR) is 79.2 cm³/mol. The van der Waals surface area contributed by atoms with Crippen LogP contribution in [0.3, 0.4) is 0 Å². The van der Waals surface area contributed by atoms with E-state index in [1.807, 2.05) is 12.1 Å². The van der Waals surface area contributed by atoms with Crippen LogP contribution in [0.15, 0.2) is 24.3 Å². The number of carbonyl (C=O) groups excluding carboxylic acids is 1. The number of hydrogen-bond acceptors (Lipinski definition) is 5. The second-order valence-corrected chi connectivity index (χ2v) is 5.14. The topological polar surface area (TPSA) is 82.8 Å². The molecule has 0 aromatic heterocycles. The first-order chi connectivity index (χ1) is 10.1. The van der Waals surface area contributed by atoms with Crippen LogP contribution in [0.2, 0.25) is 0 Å². The molecule has 1 aliphatic heterocycles. The highest BCUT2D eigenvalue weighted by molar-refractivity contribution is 5.76. The molecule has 0 saturated carbocycles. The number of nitrogens with two attached hydrogens (primary N) is 1. The molecule has 1 saturated heterocycles. The van der Waals surface area contributed by atoms with Gasteiger partial charge in [0.2, 0.25) is 5.91 Å². The average Bonchev–Trinajstić information content (AvgIpc) is 2.95. The van der Waals surface area contributed by atoms with Crippen molar-refractivity contribution in [3.05, 3.63) is 24.3 Å². The molecule has 1 aliphatic rings. The zero-order valence-electron chi connectivity index (χ0n) is 12.3. The van der Waals surface area contributed by atoms with Gasteiger partial charge >= 0.3 is 0 Å². The largest absolute Gasteiger partial charge is 0.493 e. The molecular formula is C15H22N2O4. The SMILES string of the molecule is COC1(CNC(=O)CCOc2cccc(N)c2)CCOC1. The van der Waals surface area contributed by atoms with Crippen LogP contribution in [0.1, 0.15) is 12.8 Å². The van der Waals surface area contributed by atoms with E-state index in [0.29, 0.717) is 37.8 Å². The van der Waals surface area contributed by atoms with E-state index in [4.69, 9.17) is 19.9 Å². The summed E-state index contributed by atoms with van der Waals surface area (Å²) in [5.41, 5.74) is 5.91. The van der Waals surface area contributed by atoms with Crippen molar-refractivity contribution in [3.8, 4) is 5.75 Å². The smallest absolute Gasteiger partial charge is 0.223 e. The number of ether oxygens (including phenoxy) is 3. The molecule has 3 N–H and O–H groups in total. The molecule has 0 radical (unpaired) electrons. The lowest BCUT2D eigenvalue weighted by molar-refractivity contribution is -0.123. The molecule has 0 aliphatic carbocycles. The number of nitrogens with one attached hydrogen (secondary N) is 1. The number of hydrogen-bond donors (Lipinski definition) is 2. The molecule has 0 spiro atoms. The summed E-state index contributed by atoms with van der Waals surface area (Å²) in [5, 5.41) is 2.87. The molecule has 1 fully saturated rings. The number of methoxy groups -OCH3 is 1. The summed E-state index contributed by atoms with van der Waals surface area (Å²) >= 11 is 0. The van der Waals surface area contributed by atoms with Crippen LogP contribution >= 0.6 is 0 Å². The van der Waals surface area contributed by atoms with Crippen LogP contribution in [-0.2, 0) is 14.3 Å². The number of anilines is 1. The summed E-state index contributed by atoms with van der Waals surface area (Å²) in [6.45, 7) is 1.96. The van der Waals surface area contributed by atoms with Crippen LogP contribution in [0.25, 0.3) is 0 Å². The first-order valence-electron chi connectivity index (χ1n) is 7.01. The van der Waals surface area contributed by atoms with Crippen molar-refractivity contribution in [2.45, 2.75) is 18.4 Å². The minimum absolute atomic E-state index is 0.0674. The quantitative estimate of drug-likeness (QED) is 0.732. The maximum atomic E-state index is 11.8. The van der Waals surface area contributed by atoms with Gasteiger partial charge in [0.05, 0.1) is 19.6 Å². The highest BCUT2D eigenvalue weighted by atomic mass is 16.5. The fourth-order valence-corrected chi connectivity index (χ4v) is 2.18. The number of nitrogen functional groups attached to an aromatic ring is 1. The molecule has 21 heavy (non-hydrogen) atoms. The fourth-order valence-electron chi connectivity index (χ4n) is 2.18. The van der Waals surface area contributed by atoms with Crippen LogP contribution in [0, 0.1) is 0 Å². The molecule has 1 aromatic carbocycles. The molecule has 1 amide bonds. The number of benzene rings is 1. The van der Waals surface area contributed by atoms with Crippen molar-refractivity contribution >= 4 is 11.6 Å². The van der Waals surface area contributed by atoms with Gasteiger partial charge in [-0.25, -0.2) is 0 Å². The average molecular weight is 294 g/mol. The molecule has 1 atom stereocenters. The van der Waals surface area contributed by atoms with Crippen LogP contribution in [0.5, 0.6) is 5.75 Å². The van der Waals surface area contributed by atoms with Gasteiger partial charge in [-0.15, -0.1) is 0 Å². The van der Waals surface area contributed by atoms with E-state index < -0.39 is 0 Å². The van der Waals surface area contributed by atoms with Gasteiger partial charge in [-0.3, -0.25) is 4.79 Å². The standard InChI is InChI=1S/C15H22N2O4/c1-19-15(6-8-20-11-15)10-17-14(18)5-7-21-13-4-2-3-12(16)9-13/h2-4,9H,5-8,10-11,16H2,1H3,(H,17,18). The van der Waals surface area contributed by atoms with Gasteiger partial charge in [-0.05, 0) is 12.1 Å². The Morgan fingerprint density at radius 1 is 1.52 bits per heavy atom. The zero-order valence-corrected chi connectivity index (χ0v) is 12.3. The van der Waals surface area contributed by atoms with Crippen molar-refractivity contribution in [1.29, 1.82) is 0 Å². The third-order valence-corrected chi connectivity index (χ3v) is 3.56. The Balaban J connectivity index is 1.68. The Morgan fingerprint density at radius 2 is 2.38 bits per heavy atom. The van der Waals surface area contributed by atoms with Gasteiger partial charge in [0, 0.05) is 38.4 Å². The number of rotatable bonds is 7. The maximum Gasteiger partial charge on any atom is 0.223 e. The Hall–Kier alpha value is -1.79. The van der Waals surface area contributed by atoms with Gasteiger partial charge in [-0.2, -0.15) is 0 Å². The van der Waals surface area contributed by atoms with Crippen molar-refractivity contribution < 1.29 is 19.0 Å². The molecule has 1 heterocycles. The van der Waals surface area contributed by atoms with E-state index in [2.05, 4.69) is 5.32 Å². The van der Waals surface area contributed by atoms with Crippen LogP contribution in [-0.4, -0.2) is 45.0 Å². The highest BCUT2D eigenvalue weighted by Crippen LogP contribution is 2.21. The fraction of sp³-hybridized carbons (Fsp3) is 0.533. The number of carbonyl (C=O) groups is 1. The lowest BCUT2D eigenvalue weighted by Gasteiger charge is -2.25. The monoisotopic (exact) mass is 294 g/mol. The van der Waals surface area contributed by atoms with E-state index in [9.17, 15) is 4.79 Å². The van der Waals surface area contributed by atoms with Crippen LogP contribution in [0.4, 0.5) is 5.69 Å². The molecule has 1 unspecified atom stereocenters. The molecule has 6 heteroatoms. The summed E-state index contributed by atoms with van der Waals surface area (Å²) in [4.78, 5) is 11.8. The molecule has 0 bridgehead atoms. The third-order valence-electron chi connectivity index (χ3n) is 3.56. The molecule has 116 valence electrons. The van der Waals surface area contributed by atoms with Gasteiger partial charge < -0.3 is 25.3 Å². The second kappa shape index (κ2) is 7.28. The Labute approximate surface area is 124 Å². The maximum absolute atomic E-state index is 11.8. The van der Waals surface area contributed by atoms with Gasteiger partial charge in [-0.1, -0.05) is 6.07 Å². The first-order valence-corrected chi connectivity index (χ1v) is 7.01. The molecule has 1 aromatic rings. The Bertz CT molecular complexity index is 472. The van der Waals surface area contributed by atoms with E-state index in [-0.39, 0.29) is 17.9 Å². The molecule has 6 nitrogen and oxygen atoms in total. The summed E-state index contributed by atoms with van der Waals surface area (Å²) in [6.07, 6.45) is 1.08. The van der Waals surface area contributed by atoms with Gasteiger partial charge in [0.15, 0.2) is 0 Å².